The summed E-state index contributed by atoms with van der Waals surface area (Å²) in [4.78, 5) is 4.70. The SMILES string of the molecule is CCCC(C)(C)CC(C)(C)/C(C=NCC(C)(C)CC(C)(C)C)=N/N. The molecule has 0 fully saturated rings. The third-order valence-electron chi connectivity index (χ3n) is 4.42. The zero-order valence-corrected chi connectivity index (χ0v) is 18.1. The van der Waals surface area contributed by atoms with Gasteiger partial charge in [0, 0.05) is 18.2 Å². The highest BCUT2D eigenvalue weighted by Gasteiger charge is 2.32. The van der Waals surface area contributed by atoms with Crippen LogP contribution in [0.3, 0.4) is 0 Å². The van der Waals surface area contributed by atoms with E-state index in [1.807, 2.05) is 6.21 Å². The van der Waals surface area contributed by atoms with Gasteiger partial charge in [-0.25, -0.2) is 0 Å². The summed E-state index contributed by atoms with van der Waals surface area (Å²) in [6.45, 7) is 23.6. The van der Waals surface area contributed by atoms with E-state index in [0.717, 1.165) is 25.1 Å². The maximum atomic E-state index is 5.70. The molecule has 0 spiro atoms. The van der Waals surface area contributed by atoms with Gasteiger partial charge in [-0.2, -0.15) is 5.10 Å². The van der Waals surface area contributed by atoms with Crippen molar-refractivity contribution in [3.8, 4) is 0 Å². The first-order valence-corrected chi connectivity index (χ1v) is 9.42. The minimum atomic E-state index is -0.0644. The molecule has 0 aliphatic carbocycles. The van der Waals surface area contributed by atoms with Gasteiger partial charge in [0.15, 0.2) is 0 Å². The summed E-state index contributed by atoms with van der Waals surface area (Å²) in [5, 5.41) is 4.07. The summed E-state index contributed by atoms with van der Waals surface area (Å²) in [6, 6.07) is 0. The van der Waals surface area contributed by atoms with Gasteiger partial charge in [-0.3, -0.25) is 4.99 Å². The molecule has 3 heteroatoms. The summed E-state index contributed by atoms with van der Waals surface area (Å²) < 4.78 is 0. The monoisotopic (exact) mass is 337 g/mol. The van der Waals surface area contributed by atoms with Crippen LogP contribution in [0.4, 0.5) is 0 Å². The predicted octanol–water partition coefficient (Wildman–Crippen LogP) is 6.08. The van der Waals surface area contributed by atoms with E-state index in [4.69, 9.17) is 10.8 Å². The van der Waals surface area contributed by atoms with Crippen LogP contribution in [-0.2, 0) is 0 Å². The zero-order valence-electron chi connectivity index (χ0n) is 18.1. The van der Waals surface area contributed by atoms with Crippen LogP contribution >= 0.6 is 0 Å². The minimum absolute atomic E-state index is 0.0644. The Morgan fingerprint density at radius 3 is 1.83 bits per heavy atom. The fraction of sp³-hybridized carbons (Fsp3) is 0.905. The maximum Gasteiger partial charge on any atom is 0.0834 e. The molecule has 0 saturated carbocycles. The van der Waals surface area contributed by atoms with Gasteiger partial charge in [0.25, 0.3) is 0 Å². The van der Waals surface area contributed by atoms with Crippen molar-refractivity contribution in [2.75, 3.05) is 6.54 Å². The lowest BCUT2D eigenvalue weighted by atomic mass is 9.71. The Kier molecular flexibility index (Phi) is 8.18. The minimum Gasteiger partial charge on any atom is -0.323 e. The van der Waals surface area contributed by atoms with Crippen molar-refractivity contribution >= 4 is 11.9 Å². The van der Waals surface area contributed by atoms with E-state index in [1.54, 1.807) is 0 Å². The standard InChI is InChI=1S/C21H43N3/c1-11-12-19(5,6)15-21(9,10)17(24-22)13-23-16-20(7,8)14-18(2,3)4/h13H,11-12,14-16,22H2,1-10H3/b23-13?,24-17+. The van der Waals surface area contributed by atoms with Gasteiger partial charge >= 0.3 is 0 Å². The third kappa shape index (κ3) is 9.44. The number of hydrogen-bond acceptors (Lipinski definition) is 3. The highest BCUT2D eigenvalue weighted by atomic mass is 15.1. The first-order valence-electron chi connectivity index (χ1n) is 9.42. The number of nitrogens with two attached hydrogens (primary N) is 1. The normalized spacial score (nSPS) is 15.3. The highest BCUT2D eigenvalue weighted by Crippen LogP contribution is 2.38. The van der Waals surface area contributed by atoms with Crippen molar-refractivity contribution in [1.82, 2.24) is 0 Å². The van der Waals surface area contributed by atoms with Crippen molar-refractivity contribution in [3.05, 3.63) is 0 Å². The molecule has 0 saturated heterocycles. The molecule has 0 unspecified atom stereocenters. The lowest BCUT2D eigenvalue weighted by Gasteiger charge is -2.35. The van der Waals surface area contributed by atoms with Gasteiger partial charge < -0.3 is 5.84 Å². The number of hydrazone groups is 1. The van der Waals surface area contributed by atoms with E-state index in [0.29, 0.717) is 5.41 Å². The van der Waals surface area contributed by atoms with E-state index in [2.05, 4.69) is 74.3 Å². The van der Waals surface area contributed by atoms with Gasteiger partial charge in [0.1, 0.15) is 0 Å². The summed E-state index contributed by atoms with van der Waals surface area (Å²) in [5.41, 5.74) is 1.62. The van der Waals surface area contributed by atoms with Gasteiger partial charge in [-0.05, 0) is 35.5 Å². The van der Waals surface area contributed by atoms with Gasteiger partial charge in [-0.1, -0.05) is 75.7 Å². The van der Waals surface area contributed by atoms with Gasteiger partial charge in [0.05, 0.1) is 5.71 Å². The molecule has 142 valence electrons. The van der Waals surface area contributed by atoms with Crippen molar-refractivity contribution in [1.29, 1.82) is 0 Å². The lowest BCUT2D eigenvalue weighted by molar-refractivity contribution is 0.220. The van der Waals surface area contributed by atoms with E-state index < -0.39 is 0 Å². The van der Waals surface area contributed by atoms with E-state index in [-0.39, 0.29) is 16.2 Å². The Morgan fingerprint density at radius 1 is 0.875 bits per heavy atom. The summed E-state index contributed by atoms with van der Waals surface area (Å²) in [6.07, 6.45) is 6.52. The molecule has 0 aromatic heterocycles. The number of hydrogen-bond donors (Lipinski definition) is 1. The van der Waals surface area contributed by atoms with Crippen molar-refractivity contribution in [3.63, 3.8) is 0 Å². The topological polar surface area (TPSA) is 50.7 Å². The zero-order chi connectivity index (χ0) is 19.2. The summed E-state index contributed by atoms with van der Waals surface area (Å²) >= 11 is 0. The van der Waals surface area contributed by atoms with Crippen molar-refractivity contribution in [2.45, 2.75) is 94.9 Å². The van der Waals surface area contributed by atoms with E-state index in [9.17, 15) is 0 Å². The Morgan fingerprint density at radius 2 is 1.42 bits per heavy atom. The van der Waals surface area contributed by atoms with Crippen molar-refractivity contribution in [2.24, 2.45) is 37.6 Å². The largest absolute Gasteiger partial charge is 0.323 e. The second-order valence-corrected chi connectivity index (χ2v) is 10.9. The molecule has 24 heavy (non-hydrogen) atoms. The molecule has 0 aromatic carbocycles. The van der Waals surface area contributed by atoms with E-state index in [1.165, 1.54) is 12.8 Å². The fourth-order valence-electron chi connectivity index (χ4n) is 4.31. The fourth-order valence-corrected chi connectivity index (χ4v) is 4.31. The van der Waals surface area contributed by atoms with Crippen LogP contribution in [0.15, 0.2) is 10.1 Å². The number of aliphatic imine (C=N–C) groups is 1. The second-order valence-electron chi connectivity index (χ2n) is 10.9. The molecule has 0 aliphatic rings. The molecule has 0 bridgehead atoms. The molecule has 0 amide bonds. The Hall–Kier alpha value is -0.860. The molecule has 3 nitrogen and oxygen atoms in total. The third-order valence-corrected chi connectivity index (χ3v) is 4.42. The smallest absolute Gasteiger partial charge is 0.0834 e. The predicted molar refractivity (Wildman–Crippen MR) is 110 cm³/mol. The molecule has 2 N–H and O–H groups in total. The van der Waals surface area contributed by atoms with Crippen LogP contribution < -0.4 is 5.84 Å². The molecule has 0 radical (unpaired) electrons. The first-order chi connectivity index (χ1) is 10.6. The van der Waals surface area contributed by atoms with Crippen molar-refractivity contribution < 1.29 is 0 Å². The van der Waals surface area contributed by atoms with Crippen LogP contribution in [0.5, 0.6) is 0 Å². The van der Waals surface area contributed by atoms with Crippen LogP contribution in [0.2, 0.25) is 0 Å². The Labute approximate surface area is 151 Å². The second kappa shape index (κ2) is 8.49. The Balaban J connectivity index is 4.98. The molecule has 0 aliphatic heterocycles. The molecule has 0 aromatic rings. The first kappa shape index (κ1) is 23.1. The molecular formula is C21H43N3. The van der Waals surface area contributed by atoms with Gasteiger partial charge in [0.2, 0.25) is 0 Å². The molecule has 0 atom stereocenters. The van der Waals surface area contributed by atoms with Crippen LogP contribution in [0.25, 0.3) is 0 Å². The quantitative estimate of drug-likeness (QED) is 0.309. The number of rotatable bonds is 9. The average molecular weight is 338 g/mol. The summed E-state index contributed by atoms with van der Waals surface area (Å²) in [7, 11) is 0. The molecular weight excluding hydrogens is 294 g/mol. The Bertz CT molecular complexity index is 434. The molecule has 0 rings (SSSR count). The van der Waals surface area contributed by atoms with Crippen LogP contribution in [0, 0.1) is 21.7 Å². The van der Waals surface area contributed by atoms with E-state index >= 15 is 0 Å². The highest BCUT2D eigenvalue weighted by molar-refractivity contribution is 6.32. The van der Waals surface area contributed by atoms with Gasteiger partial charge in [-0.15, -0.1) is 0 Å². The average Bonchev–Trinajstić information content (AvgIpc) is 2.29. The summed E-state index contributed by atoms with van der Waals surface area (Å²) in [5.74, 6) is 5.70. The van der Waals surface area contributed by atoms with Crippen LogP contribution in [0.1, 0.15) is 94.9 Å². The lowest BCUT2D eigenvalue weighted by Crippen LogP contribution is -2.33. The van der Waals surface area contributed by atoms with Crippen LogP contribution in [-0.4, -0.2) is 18.5 Å². The number of nitrogens with zero attached hydrogens (tertiary/aromatic N) is 2. The maximum absolute atomic E-state index is 5.70. The molecule has 0 heterocycles.